The van der Waals surface area contributed by atoms with Crippen LogP contribution in [0.5, 0.6) is 0 Å². The van der Waals surface area contributed by atoms with Gasteiger partial charge in [0.05, 0.1) is 36.4 Å². The van der Waals surface area contributed by atoms with Crippen LogP contribution < -0.4 is 4.90 Å². The maximum Gasteiger partial charge on any atom is 0.128 e. The molecule has 0 N–H and O–H groups in total. The molecular weight excluding hydrogens is 336 g/mol. The second-order valence-corrected chi connectivity index (χ2v) is 6.71. The van der Waals surface area contributed by atoms with Gasteiger partial charge in [-0.1, -0.05) is 24.3 Å². The van der Waals surface area contributed by atoms with E-state index in [0.29, 0.717) is 0 Å². The number of hydrogen-bond donors (Lipinski definition) is 0. The molecule has 1 aromatic carbocycles. The van der Waals surface area contributed by atoms with Crippen molar-refractivity contribution in [2.24, 2.45) is 5.10 Å². The zero-order chi connectivity index (χ0) is 18.6. The van der Waals surface area contributed by atoms with Crippen molar-refractivity contribution in [3.8, 4) is 5.69 Å². The molecule has 1 aliphatic rings. The molecule has 4 rings (SSSR count). The molecule has 138 valence electrons. The quantitative estimate of drug-likeness (QED) is 0.671. The highest BCUT2D eigenvalue weighted by molar-refractivity contribution is 5.82. The molecule has 0 unspecified atom stereocenters. The molecule has 2 aromatic heterocycles. The van der Waals surface area contributed by atoms with E-state index in [1.807, 2.05) is 54.3 Å². The van der Waals surface area contributed by atoms with E-state index in [4.69, 9.17) is 5.10 Å². The molecule has 0 spiro atoms. The number of rotatable bonds is 4. The van der Waals surface area contributed by atoms with Crippen LogP contribution in [0.25, 0.3) is 5.69 Å². The number of hydrazone groups is 1. The van der Waals surface area contributed by atoms with Crippen LogP contribution in [0.1, 0.15) is 17.0 Å². The van der Waals surface area contributed by atoms with Crippen LogP contribution in [0.3, 0.4) is 0 Å². The van der Waals surface area contributed by atoms with Crippen LogP contribution >= 0.6 is 0 Å². The van der Waals surface area contributed by atoms with E-state index in [1.54, 1.807) is 0 Å². The minimum absolute atomic E-state index is 0.887. The fourth-order valence-corrected chi connectivity index (χ4v) is 3.38. The van der Waals surface area contributed by atoms with Crippen molar-refractivity contribution in [1.82, 2.24) is 19.8 Å². The zero-order valence-electron chi connectivity index (χ0n) is 15.8. The molecule has 1 saturated heterocycles. The van der Waals surface area contributed by atoms with Crippen LogP contribution in [0, 0.1) is 13.8 Å². The molecular formula is C21H24N6. The second kappa shape index (κ2) is 7.61. The smallest absolute Gasteiger partial charge is 0.128 e. The van der Waals surface area contributed by atoms with Crippen LogP contribution in [0.15, 0.2) is 59.8 Å². The number of nitrogens with zero attached hydrogens (tertiary/aromatic N) is 6. The van der Waals surface area contributed by atoms with Crippen molar-refractivity contribution >= 4 is 12.0 Å². The fourth-order valence-electron chi connectivity index (χ4n) is 3.38. The molecule has 6 nitrogen and oxygen atoms in total. The van der Waals surface area contributed by atoms with E-state index >= 15 is 0 Å². The highest BCUT2D eigenvalue weighted by Gasteiger charge is 2.17. The first-order valence-electron chi connectivity index (χ1n) is 9.29. The Morgan fingerprint density at radius 3 is 2.37 bits per heavy atom. The molecule has 0 saturated carbocycles. The van der Waals surface area contributed by atoms with Crippen molar-refractivity contribution in [3.05, 3.63) is 71.7 Å². The summed E-state index contributed by atoms with van der Waals surface area (Å²) in [5.41, 5.74) is 4.26. The molecule has 1 fully saturated rings. The molecule has 1 aliphatic heterocycles. The van der Waals surface area contributed by atoms with Gasteiger partial charge in [0.15, 0.2) is 0 Å². The van der Waals surface area contributed by atoms with Crippen molar-refractivity contribution in [3.63, 3.8) is 0 Å². The number of piperazine rings is 1. The summed E-state index contributed by atoms with van der Waals surface area (Å²) in [5, 5.41) is 11.5. The Bertz CT molecular complexity index is 909. The number of anilines is 1. The number of para-hydroxylation sites is 1. The van der Waals surface area contributed by atoms with E-state index in [1.165, 1.54) is 0 Å². The summed E-state index contributed by atoms with van der Waals surface area (Å²) in [6.07, 6.45) is 3.79. The second-order valence-electron chi connectivity index (χ2n) is 6.71. The zero-order valence-corrected chi connectivity index (χ0v) is 15.8. The van der Waals surface area contributed by atoms with Gasteiger partial charge in [-0.2, -0.15) is 10.2 Å². The number of aryl methyl sites for hydroxylation is 1. The third-order valence-corrected chi connectivity index (χ3v) is 4.93. The summed E-state index contributed by atoms with van der Waals surface area (Å²) >= 11 is 0. The summed E-state index contributed by atoms with van der Waals surface area (Å²) in [7, 11) is 0. The Balaban J connectivity index is 1.44. The predicted octanol–water partition coefficient (Wildman–Crippen LogP) is 3.04. The molecule has 3 aromatic rings. The van der Waals surface area contributed by atoms with Crippen molar-refractivity contribution < 1.29 is 0 Å². The normalized spacial score (nSPS) is 14.9. The summed E-state index contributed by atoms with van der Waals surface area (Å²) in [6.45, 7) is 7.75. The van der Waals surface area contributed by atoms with Gasteiger partial charge in [0.2, 0.25) is 0 Å². The SMILES string of the molecule is Cc1nn(-c2ccccc2)c(C)c1/C=N/N1CCN(c2ccccn2)CC1. The topological polar surface area (TPSA) is 49.6 Å². The lowest BCUT2D eigenvalue weighted by atomic mass is 10.2. The molecule has 0 aliphatic carbocycles. The minimum Gasteiger partial charge on any atom is -0.353 e. The van der Waals surface area contributed by atoms with Crippen LogP contribution in [0.4, 0.5) is 5.82 Å². The van der Waals surface area contributed by atoms with Crippen molar-refractivity contribution in [1.29, 1.82) is 0 Å². The fraction of sp³-hybridized carbons (Fsp3) is 0.286. The molecule has 0 bridgehead atoms. The van der Waals surface area contributed by atoms with Gasteiger partial charge in [0.1, 0.15) is 5.82 Å². The lowest BCUT2D eigenvalue weighted by Crippen LogP contribution is -2.44. The monoisotopic (exact) mass is 360 g/mol. The Hall–Kier alpha value is -3.15. The van der Waals surface area contributed by atoms with Gasteiger partial charge in [0, 0.05) is 24.8 Å². The molecule has 3 heterocycles. The first kappa shape index (κ1) is 17.3. The first-order valence-corrected chi connectivity index (χ1v) is 9.29. The molecule has 0 amide bonds. The van der Waals surface area contributed by atoms with E-state index in [-0.39, 0.29) is 0 Å². The molecule has 27 heavy (non-hydrogen) atoms. The van der Waals surface area contributed by atoms with Gasteiger partial charge < -0.3 is 4.90 Å². The highest BCUT2D eigenvalue weighted by Crippen LogP contribution is 2.17. The van der Waals surface area contributed by atoms with E-state index < -0.39 is 0 Å². The van der Waals surface area contributed by atoms with Crippen LogP contribution in [0.2, 0.25) is 0 Å². The van der Waals surface area contributed by atoms with E-state index in [0.717, 1.165) is 54.6 Å². The van der Waals surface area contributed by atoms with Crippen LogP contribution in [-0.2, 0) is 0 Å². The number of benzene rings is 1. The number of hydrogen-bond acceptors (Lipinski definition) is 5. The van der Waals surface area contributed by atoms with E-state index in [2.05, 4.69) is 45.1 Å². The van der Waals surface area contributed by atoms with E-state index in [9.17, 15) is 0 Å². The highest BCUT2D eigenvalue weighted by atomic mass is 15.5. The van der Waals surface area contributed by atoms with Crippen LogP contribution in [-0.4, -0.2) is 52.2 Å². The number of pyridine rings is 1. The Morgan fingerprint density at radius 1 is 0.926 bits per heavy atom. The third-order valence-electron chi connectivity index (χ3n) is 4.93. The van der Waals surface area contributed by atoms with Gasteiger partial charge in [-0.25, -0.2) is 9.67 Å². The molecule has 0 atom stereocenters. The average Bonchev–Trinajstić information content (AvgIpc) is 3.02. The summed E-state index contributed by atoms with van der Waals surface area (Å²) in [6, 6.07) is 16.2. The summed E-state index contributed by atoms with van der Waals surface area (Å²) in [5.74, 6) is 1.04. The Morgan fingerprint density at radius 2 is 1.67 bits per heavy atom. The molecule has 6 heteroatoms. The minimum atomic E-state index is 0.887. The van der Waals surface area contributed by atoms with Gasteiger partial charge >= 0.3 is 0 Å². The summed E-state index contributed by atoms with van der Waals surface area (Å²) < 4.78 is 1.98. The maximum atomic E-state index is 4.72. The van der Waals surface area contributed by atoms with Gasteiger partial charge in [-0.15, -0.1) is 0 Å². The Kier molecular flexibility index (Phi) is 4.87. The van der Waals surface area contributed by atoms with Gasteiger partial charge in [-0.3, -0.25) is 5.01 Å². The predicted molar refractivity (Wildman–Crippen MR) is 109 cm³/mol. The van der Waals surface area contributed by atoms with Gasteiger partial charge in [0.25, 0.3) is 0 Å². The average molecular weight is 360 g/mol. The maximum absolute atomic E-state index is 4.72. The lowest BCUT2D eigenvalue weighted by molar-refractivity contribution is 0.271. The first-order chi connectivity index (χ1) is 13.2. The largest absolute Gasteiger partial charge is 0.353 e. The van der Waals surface area contributed by atoms with Crippen molar-refractivity contribution in [2.75, 3.05) is 31.1 Å². The Labute approximate surface area is 159 Å². The third kappa shape index (κ3) is 3.69. The summed E-state index contributed by atoms with van der Waals surface area (Å²) in [4.78, 5) is 6.74. The lowest BCUT2D eigenvalue weighted by Gasteiger charge is -2.33. The standard InChI is InChI=1S/C21H24N6/c1-17-20(18(2)27(24-17)19-8-4-3-5-9-19)16-23-26-14-12-25(13-15-26)21-10-6-7-11-22-21/h3-11,16H,12-15H2,1-2H3/b23-16+. The van der Waals surface area contributed by atoms with Gasteiger partial charge in [-0.05, 0) is 38.1 Å². The van der Waals surface area contributed by atoms with Crippen molar-refractivity contribution in [2.45, 2.75) is 13.8 Å². The number of aromatic nitrogens is 3. The molecule has 0 radical (unpaired) electrons.